The Kier molecular flexibility index (Phi) is 4.07. The van der Waals surface area contributed by atoms with Crippen LogP contribution >= 0.6 is 23.1 Å². The Morgan fingerprint density at radius 2 is 2.00 bits per heavy atom. The molecule has 2 aromatic heterocycles. The van der Waals surface area contributed by atoms with Crippen molar-refractivity contribution in [3.05, 3.63) is 46.9 Å². The number of anilines is 1. The maximum atomic E-state index is 12.9. The molecule has 108 valence electrons. The number of nitrogen functional groups attached to an aromatic ring is 1. The molecule has 2 heterocycles. The Hall–Kier alpha value is -1.66. The highest BCUT2D eigenvalue weighted by molar-refractivity contribution is 7.98. The number of nitrogens with zero attached hydrogens (tertiary/aromatic N) is 2. The van der Waals surface area contributed by atoms with Gasteiger partial charge in [-0.15, -0.1) is 23.1 Å². The number of aromatic nitrogens is 2. The molecule has 0 aliphatic heterocycles. The molecule has 0 saturated carbocycles. The Balaban J connectivity index is 1.82. The van der Waals surface area contributed by atoms with Gasteiger partial charge in [0, 0.05) is 9.77 Å². The minimum atomic E-state index is -0.230. The van der Waals surface area contributed by atoms with E-state index in [1.54, 1.807) is 35.2 Å². The lowest BCUT2D eigenvalue weighted by Crippen LogP contribution is -1.98. The van der Waals surface area contributed by atoms with Gasteiger partial charge in [0.05, 0.1) is 11.1 Å². The van der Waals surface area contributed by atoms with Crippen LogP contribution in [0.4, 0.5) is 10.2 Å². The first kappa shape index (κ1) is 14.3. The van der Waals surface area contributed by atoms with Crippen molar-refractivity contribution in [3.63, 3.8) is 0 Å². The fraction of sp³-hybridized carbons (Fsp3) is 0.200. The molecule has 3 nitrogen and oxygen atoms in total. The summed E-state index contributed by atoms with van der Waals surface area (Å²) in [5, 5.41) is 0.937. The second-order valence-electron chi connectivity index (χ2n) is 4.55. The zero-order valence-electron chi connectivity index (χ0n) is 11.5. The predicted molar refractivity (Wildman–Crippen MR) is 87.2 cm³/mol. The first-order valence-corrected chi connectivity index (χ1v) is 8.39. The number of rotatable bonds is 4. The molecule has 0 radical (unpaired) electrons. The van der Waals surface area contributed by atoms with Gasteiger partial charge in [-0.3, -0.25) is 0 Å². The number of thiophene rings is 1. The van der Waals surface area contributed by atoms with Gasteiger partial charge in [0.15, 0.2) is 0 Å². The summed E-state index contributed by atoms with van der Waals surface area (Å²) in [6.45, 7) is 2.11. The van der Waals surface area contributed by atoms with Crippen molar-refractivity contribution in [1.29, 1.82) is 0 Å². The van der Waals surface area contributed by atoms with E-state index in [4.69, 9.17) is 5.73 Å². The highest BCUT2D eigenvalue weighted by Crippen LogP contribution is 2.29. The van der Waals surface area contributed by atoms with Crippen molar-refractivity contribution < 1.29 is 4.39 Å². The predicted octanol–water partition coefficient (Wildman–Crippen LogP) is 4.27. The number of hydrogen-bond acceptors (Lipinski definition) is 5. The molecule has 0 fully saturated rings. The van der Waals surface area contributed by atoms with Gasteiger partial charge in [0.1, 0.15) is 22.3 Å². The van der Waals surface area contributed by atoms with Crippen LogP contribution in [0.25, 0.3) is 10.2 Å². The number of nitrogens with two attached hydrogens (primary N) is 1. The van der Waals surface area contributed by atoms with Crippen molar-refractivity contribution in [1.82, 2.24) is 9.97 Å². The zero-order chi connectivity index (χ0) is 14.8. The fourth-order valence-corrected chi connectivity index (χ4v) is 3.70. The van der Waals surface area contributed by atoms with Crippen molar-refractivity contribution >= 4 is 39.1 Å². The van der Waals surface area contributed by atoms with Crippen molar-refractivity contribution in [3.8, 4) is 0 Å². The van der Waals surface area contributed by atoms with E-state index >= 15 is 0 Å². The number of fused-ring (bicyclic) bond motifs is 1. The summed E-state index contributed by atoms with van der Waals surface area (Å²) in [5.74, 6) is 1.63. The van der Waals surface area contributed by atoms with Gasteiger partial charge in [0.2, 0.25) is 0 Å². The number of benzene rings is 1. The first-order valence-electron chi connectivity index (χ1n) is 6.59. The molecule has 0 bridgehead atoms. The second kappa shape index (κ2) is 5.99. The largest absolute Gasteiger partial charge is 0.383 e. The lowest BCUT2D eigenvalue weighted by Gasteiger charge is -2.03. The van der Waals surface area contributed by atoms with Gasteiger partial charge in [-0.1, -0.05) is 6.92 Å². The standard InChI is InChI=1S/C15H14FN3S2/c1-2-10-7-12-14(17)18-13(19-15(12)21-10)8-20-11-5-3-9(16)4-6-11/h3-7H,2,8H2,1H3,(H2,17,18,19). The summed E-state index contributed by atoms with van der Waals surface area (Å²) in [6, 6.07) is 8.47. The SMILES string of the molecule is CCc1cc2c(N)nc(CSc3ccc(F)cc3)nc2s1. The van der Waals surface area contributed by atoms with Crippen LogP contribution in [0.15, 0.2) is 35.2 Å². The normalized spacial score (nSPS) is 11.1. The molecule has 0 spiro atoms. The molecule has 2 N–H and O–H groups in total. The third kappa shape index (κ3) is 3.16. The average Bonchev–Trinajstić information content (AvgIpc) is 2.90. The van der Waals surface area contributed by atoms with Crippen LogP contribution in [-0.2, 0) is 12.2 Å². The maximum absolute atomic E-state index is 12.9. The molecule has 0 saturated heterocycles. The van der Waals surface area contributed by atoms with Crippen LogP contribution < -0.4 is 5.73 Å². The Morgan fingerprint density at radius 1 is 1.24 bits per heavy atom. The van der Waals surface area contributed by atoms with Gasteiger partial charge >= 0.3 is 0 Å². The van der Waals surface area contributed by atoms with Crippen LogP contribution in [0.2, 0.25) is 0 Å². The fourth-order valence-electron chi connectivity index (χ4n) is 1.96. The molecule has 3 aromatic rings. The molecule has 0 aliphatic rings. The first-order chi connectivity index (χ1) is 10.2. The van der Waals surface area contributed by atoms with Gasteiger partial charge in [-0.2, -0.15) is 0 Å². The summed E-state index contributed by atoms with van der Waals surface area (Å²) in [5.41, 5.74) is 6.01. The van der Waals surface area contributed by atoms with E-state index in [9.17, 15) is 4.39 Å². The van der Waals surface area contributed by atoms with Crippen LogP contribution in [0.3, 0.4) is 0 Å². The Labute approximate surface area is 130 Å². The molecule has 1 aromatic carbocycles. The number of aryl methyl sites for hydroxylation is 1. The van der Waals surface area contributed by atoms with Gasteiger partial charge in [0.25, 0.3) is 0 Å². The summed E-state index contributed by atoms with van der Waals surface area (Å²) < 4.78 is 12.9. The number of hydrogen-bond donors (Lipinski definition) is 1. The average molecular weight is 319 g/mol. The van der Waals surface area contributed by atoms with E-state index in [2.05, 4.69) is 23.0 Å². The summed E-state index contributed by atoms with van der Waals surface area (Å²) >= 11 is 3.23. The van der Waals surface area contributed by atoms with Gasteiger partial charge < -0.3 is 5.73 Å². The number of halogens is 1. The van der Waals surface area contributed by atoms with Gasteiger partial charge in [-0.05, 0) is 36.8 Å². The minimum Gasteiger partial charge on any atom is -0.383 e. The van der Waals surface area contributed by atoms with E-state index in [1.807, 2.05) is 0 Å². The molecular weight excluding hydrogens is 305 g/mol. The molecule has 0 atom stereocenters. The molecule has 0 aliphatic carbocycles. The van der Waals surface area contributed by atoms with E-state index in [1.165, 1.54) is 17.0 Å². The molecule has 21 heavy (non-hydrogen) atoms. The van der Waals surface area contributed by atoms with Crippen LogP contribution in [-0.4, -0.2) is 9.97 Å². The van der Waals surface area contributed by atoms with Crippen molar-refractivity contribution in [2.45, 2.75) is 24.0 Å². The van der Waals surface area contributed by atoms with Crippen LogP contribution in [0, 0.1) is 5.82 Å². The Morgan fingerprint density at radius 3 is 2.71 bits per heavy atom. The van der Waals surface area contributed by atoms with E-state index < -0.39 is 0 Å². The molecule has 0 unspecified atom stereocenters. The smallest absolute Gasteiger partial charge is 0.142 e. The zero-order valence-corrected chi connectivity index (χ0v) is 13.1. The maximum Gasteiger partial charge on any atom is 0.142 e. The molecular formula is C15H14FN3S2. The van der Waals surface area contributed by atoms with Crippen molar-refractivity contribution in [2.75, 3.05) is 5.73 Å². The third-order valence-corrected chi connectivity index (χ3v) is 5.23. The van der Waals surface area contributed by atoms with E-state index in [0.717, 1.165) is 21.5 Å². The van der Waals surface area contributed by atoms with E-state index in [-0.39, 0.29) is 5.82 Å². The quantitative estimate of drug-likeness (QED) is 0.730. The van der Waals surface area contributed by atoms with Crippen LogP contribution in [0.5, 0.6) is 0 Å². The minimum absolute atomic E-state index is 0.230. The lowest BCUT2D eigenvalue weighted by atomic mass is 10.3. The topological polar surface area (TPSA) is 51.8 Å². The number of thioether (sulfide) groups is 1. The van der Waals surface area contributed by atoms with Gasteiger partial charge in [-0.25, -0.2) is 14.4 Å². The second-order valence-corrected chi connectivity index (χ2v) is 6.72. The highest BCUT2D eigenvalue weighted by Gasteiger charge is 2.09. The summed E-state index contributed by atoms with van der Waals surface area (Å²) in [6.07, 6.45) is 0.972. The Bertz CT molecular complexity index is 768. The summed E-state index contributed by atoms with van der Waals surface area (Å²) in [7, 11) is 0. The van der Waals surface area contributed by atoms with Crippen LogP contribution in [0.1, 0.15) is 17.6 Å². The monoisotopic (exact) mass is 319 g/mol. The lowest BCUT2D eigenvalue weighted by molar-refractivity contribution is 0.626. The van der Waals surface area contributed by atoms with Crippen molar-refractivity contribution in [2.24, 2.45) is 0 Å². The molecule has 0 amide bonds. The van der Waals surface area contributed by atoms with E-state index in [0.29, 0.717) is 17.4 Å². The summed E-state index contributed by atoms with van der Waals surface area (Å²) in [4.78, 5) is 12.1. The molecule has 6 heteroatoms. The third-order valence-electron chi connectivity index (χ3n) is 3.05. The highest BCUT2D eigenvalue weighted by atomic mass is 32.2. The molecule has 3 rings (SSSR count).